The van der Waals surface area contributed by atoms with Crippen LogP contribution in [-0.4, -0.2) is 5.11 Å². The maximum absolute atomic E-state index is 11.2. The first-order chi connectivity index (χ1) is 8.27. The Labute approximate surface area is 103 Å². The lowest BCUT2D eigenvalue weighted by atomic mass is 9.48. The summed E-state index contributed by atoms with van der Waals surface area (Å²) < 4.78 is 0. The van der Waals surface area contributed by atoms with Crippen molar-refractivity contribution in [1.82, 2.24) is 0 Å². The van der Waals surface area contributed by atoms with Gasteiger partial charge in [-0.25, -0.2) is 0 Å². The van der Waals surface area contributed by atoms with E-state index >= 15 is 0 Å². The lowest BCUT2D eigenvalue weighted by Gasteiger charge is -2.58. The average molecular weight is 227 g/mol. The average Bonchev–Trinajstić information content (AvgIpc) is 2.36. The number of benzene rings is 1. The fourth-order valence-corrected chi connectivity index (χ4v) is 4.77. The van der Waals surface area contributed by atoms with Crippen molar-refractivity contribution >= 4 is 0 Å². The molecule has 4 saturated carbocycles. The van der Waals surface area contributed by atoms with Gasteiger partial charge in [-0.15, -0.1) is 0 Å². The Kier molecular flexibility index (Phi) is 2.00. The Morgan fingerprint density at radius 2 is 1.59 bits per heavy atom. The van der Waals surface area contributed by atoms with Crippen LogP contribution in [0.25, 0.3) is 0 Å². The van der Waals surface area contributed by atoms with Crippen molar-refractivity contribution in [2.75, 3.05) is 0 Å². The Morgan fingerprint density at radius 1 is 0.941 bits per heavy atom. The molecule has 1 aromatic rings. The largest absolute Gasteiger partial charge is 0.385 e. The van der Waals surface area contributed by atoms with Gasteiger partial charge in [0.05, 0.1) is 5.60 Å². The normalized spacial score (nSPS) is 44.2. The van der Waals surface area contributed by atoms with Gasteiger partial charge in [-0.3, -0.25) is 0 Å². The third-order valence-corrected chi connectivity index (χ3v) is 5.36. The van der Waals surface area contributed by atoms with Crippen molar-refractivity contribution in [3.63, 3.8) is 0 Å². The molecule has 0 aliphatic heterocycles. The molecule has 1 N–H and O–H groups in total. The number of rotatable bonds is 1. The van der Waals surface area contributed by atoms with Crippen LogP contribution in [0.5, 0.6) is 0 Å². The van der Waals surface area contributed by atoms with Crippen LogP contribution in [0, 0.1) is 23.7 Å². The summed E-state index contributed by atoms with van der Waals surface area (Å²) in [6.07, 6.45) is 6.20. The highest BCUT2D eigenvalue weighted by Crippen LogP contribution is 2.62. The van der Waals surface area contributed by atoms with Gasteiger partial charge >= 0.3 is 0 Å². The van der Waals surface area contributed by atoms with Gasteiger partial charge in [-0.1, -0.05) is 30.3 Å². The molecule has 89 valence electrons. The fraction of sp³-hybridized carbons (Fsp3) is 0.562. The molecule has 0 amide bonds. The van der Waals surface area contributed by atoms with Gasteiger partial charge in [0.25, 0.3) is 0 Å². The second-order valence-corrected chi connectivity index (χ2v) is 6.29. The van der Waals surface area contributed by atoms with E-state index in [-0.39, 0.29) is 0 Å². The van der Waals surface area contributed by atoms with E-state index < -0.39 is 5.60 Å². The van der Waals surface area contributed by atoms with Crippen molar-refractivity contribution in [3.05, 3.63) is 41.8 Å². The molecule has 1 heteroatoms. The maximum atomic E-state index is 11.2. The van der Waals surface area contributed by atoms with Gasteiger partial charge in [-0.05, 0) is 61.3 Å². The Morgan fingerprint density at radius 3 is 2.18 bits per heavy atom. The molecule has 4 bridgehead atoms. The summed E-state index contributed by atoms with van der Waals surface area (Å²) in [5.74, 6) is 3.60. The van der Waals surface area contributed by atoms with Gasteiger partial charge in [0.1, 0.15) is 0 Å². The van der Waals surface area contributed by atoms with E-state index in [1.54, 1.807) is 5.92 Å². The molecule has 1 radical (unpaired) electrons. The molecule has 4 aliphatic rings. The van der Waals surface area contributed by atoms with Crippen LogP contribution in [0.4, 0.5) is 0 Å². The first-order valence-electron chi connectivity index (χ1n) is 6.88. The number of hydrogen-bond acceptors (Lipinski definition) is 1. The molecule has 5 rings (SSSR count). The van der Waals surface area contributed by atoms with E-state index in [4.69, 9.17) is 0 Å². The standard InChI is InChI=1S/C16H19O/c17-16(13-4-2-1-3-5-13)14-7-11-6-12(9-14)10-15(16)8-11/h1-5,11,14-15,17H,6-10H2. The summed E-state index contributed by atoms with van der Waals surface area (Å²) >= 11 is 0. The molecular weight excluding hydrogens is 208 g/mol. The van der Waals surface area contributed by atoms with Gasteiger partial charge in [-0.2, -0.15) is 0 Å². The summed E-state index contributed by atoms with van der Waals surface area (Å²) in [5.41, 5.74) is 0.635. The third-order valence-electron chi connectivity index (χ3n) is 5.36. The summed E-state index contributed by atoms with van der Waals surface area (Å²) in [7, 11) is 0. The molecule has 0 saturated heterocycles. The zero-order valence-electron chi connectivity index (χ0n) is 10.1. The van der Waals surface area contributed by atoms with Crippen LogP contribution < -0.4 is 0 Å². The van der Waals surface area contributed by atoms with Crippen LogP contribution in [0.15, 0.2) is 30.3 Å². The molecule has 2 atom stereocenters. The molecule has 1 aromatic carbocycles. The topological polar surface area (TPSA) is 20.2 Å². The highest BCUT2D eigenvalue weighted by atomic mass is 16.3. The molecule has 17 heavy (non-hydrogen) atoms. The Hall–Kier alpha value is -0.820. The minimum absolute atomic E-state index is 0.492. The quantitative estimate of drug-likeness (QED) is 0.780. The third kappa shape index (κ3) is 1.29. The van der Waals surface area contributed by atoms with Gasteiger partial charge < -0.3 is 5.11 Å². The molecular formula is C16H19O. The van der Waals surface area contributed by atoms with Crippen LogP contribution in [0.3, 0.4) is 0 Å². The molecule has 0 aromatic heterocycles. The zero-order valence-corrected chi connectivity index (χ0v) is 10.1. The monoisotopic (exact) mass is 227 g/mol. The second-order valence-electron chi connectivity index (χ2n) is 6.29. The number of hydrogen-bond donors (Lipinski definition) is 1. The highest BCUT2D eigenvalue weighted by molar-refractivity contribution is 5.30. The fourth-order valence-electron chi connectivity index (χ4n) is 4.77. The Bertz CT molecular complexity index is 394. The van der Waals surface area contributed by atoms with Gasteiger partial charge in [0.15, 0.2) is 0 Å². The van der Waals surface area contributed by atoms with Gasteiger partial charge in [0, 0.05) is 0 Å². The first kappa shape index (κ1) is 10.1. The Balaban J connectivity index is 1.78. The zero-order chi connectivity index (χ0) is 11.5. The van der Waals surface area contributed by atoms with Crippen molar-refractivity contribution in [2.24, 2.45) is 17.8 Å². The van der Waals surface area contributed by atoms with E-state index in [0.717, 1.165) is 11.5 Å². The first-order valence-corrected chi connectivity index (χ1v) is 6.88. The van der Waals surface area contributed by atoms with E-state index in [0.29, 0.717) is 11.8 Å². The lowest BCUT2D eigenvalue weighted by Crippen LogP contribution is -2.55. The molecule has 0 spiro atoms. The van der Waals surface area contributed by atoms with Crippen LogP contribution >= 0.6 is 0 Å². The summed E-state index contributed by atoms with van der Waals surface area (Å²) in [5, 5.41) is 11.2. The molecule has 4 fully saturated rings. The number of aliphatic hydroxyl groups is 1. The van der Waals surface area contributed by atoms with Crippen molar-refractivity contribution in [2.45, 2.75) is 37.7 Å². The van der Waals surface area contributed by atoms with E-state index in [1.807, 2.05) is 6.07 Å². The van der Waals surface area contributed by atoms with E-state index in [9.17, 15) is 5.11 Å². The summed E-state index contributed by atoms with van der Waals surface area (Å²) in [6.45, 7) is 0. The minimum atomic E-state index is -0.526. The van der Waals surface area contributed by atoms with Crippen LogP contribution in [-0.2, 0) is 5.60 Å². The van der Waals surface area contributed by atoms with Crippen molar-refractivity contribution < 1.29 is 5.11 Å². The van der Waals surface area contributed by atoms with Crippen LogP contribution in [0.1, 0.15) is 37.7 Å². The van der Waals surface area contributed by atoms with Crippen LogP contribution in [0.2, 0.25) is 0 Å². The smallest absolute Gasteiger partial charge is 0.0953 e. The lowest BCUT2D eigenvalue weighted by molar-refractivity contribution is -0.151. The van der Waals surface area contributed by atoms with Gasteiger partial charge in [0.2, 0.25) is 0 Å². The summed E-state index contributed by atoms with van der Waals surface area (Å²) in [6, 6.07) is 10.4. The van der Waals surface area contributed by atoms with Crippen molar-refractivity contribution in [1.29, 1.82) is 0 Å². The predicted molar refractivity (Wildman–Crippen MR) is 67.1 cm³/mol. The molecule has 1 nitrogen and oxygen atoms in total. The molecule has 0 heterocycles. The minimum Gasteiger partial charge on any atom is -0.385 e. The molecule has 4 aliphatic carbocycles. The van der Waals surface area contributed by atoms with Crippen molar-refractivity contribution in [3.8, 4) is 0 Å². The SMILES string of the molecule is OC1(c2ccccc2)C2C[C]3CC(C2)CC1C3. The summed E-state index contributed by atoms with van der Waals surface area (Å²) in [4.78, 5) is 0. The molecule has 2 unspecified atom stereocenters. The van der Waals surface area contributed by atoms with E-state index in [2.05, 4.69) is 24.3 Å². The predicted octanol–water partition coefficient (Wildman–Crippen LogP) is 3.29. The second kappa shape index (κ2) is 3.35. The highest BCUT2D eigenvalue weighted by Gasteiger charge is 2.57. The maximum Gasteiger partial charge on any atom is 0.0953 e. The van der Waals surface area contributed by atoms with E-state index in [1.165, 1.54) is 32.1 Å².